The number of ether oxygens (including phenoxy) is 1. The molecule has 20 heavy (non-hydrogen) atoms. The Morgan fingerprint density at radius 1 is 1.35 bits per heavy atom. The molecule has 1 saturated heterocycles. The lowest BCUT2D eigenvalue weighted by atomic mass is 10.1. The van der Waals surface area contributed by atoms with Crippen molar-refractivity contribution in [3.8, 4) is 0 Å². The molecule has 108 valence electrons. The average molecular weight is 300 g/mol. The van der Waals surface area contributed by atoms with Crippen molar-refractivity contribution in [3.63, 3.8) is 0 Å². The Labute approximate surface area is 119 Å². The van der Waals surface area contributed by atoms with Crippen LogP contribution in [0.4, 0.5) is 0 Å². The molecule has 2 aromatic rings. The minimum Gasteiger partial charge on any atom is -0.394 e. The molecule has 0 radical (unpaired) electrons. The number of halogens is 1. The van der Waals surface area contributed by atoms with Crippen molar-refractivity contribution in [1.29, 1.82) is 0 Å². The van der Waals surface area contributed by atoms with Gasteiger partial charge < -0.3 is 24.6 Å². The molecule has 3 N–H and O–H groups in total. The maximum absolute atomic E-state index is 10.0. The zero-order valence-corrected chi connectivity index (χ0v) is 11.4. The molecule has 8 heteroatoms. The Bertz CT molecular complexity index is 647. The largest absolute Gasteiger partial charge is 0.394 e. The van der Waals surface area contributed by atoms with E-state index in [-0.39, 0.29) is 11.9 Å². The van der Waals surface area contributed by atoms with Gasteiger partial charge in [0, 0.05) is 11.6 Å². The van der Waals surface area contributed by atoms with E-state index in [1.54, 1.807) is 23.8 Å². The summed E-state index contributed by atoms with van der Waals surface area (Å²) in [6, 6.07) is 1.79. The van der Waals surface area contributed by atoms with Gasteiger partial charge in [0.15, 0.2) is 6.23 Å². The van der Waals surface area contributed by atoms with Gasteiger partial charge in [0.2, 0.25) is 5.28 Å². The van der Waals surface area contributed by atoms with Gasteiger partial charge in [-0.25, -0.2) is 4.98 Å². The van der Waals surface area contributed by atoms with Gasteiger partial charge in [0.05, 0.1) is 12.3 Å². The topological polar surface area (TPSA) is 101 Å². The van der Waals surface area contributed by atoms with Gasteiger partial charge in [0.25, 0.3) is 0 Å². The fourth-order valence-electron chi connectivity index (χ4n) is 2.47. The molecule has 3 rings (SSSR count). The van der Waals surface area contributed by atoms with Gasteiger partial charge in [-0.3, -0.25) is 0 Å². The second-order valence-electron chi connectivity index (χ2n) is 4.77. The van der Waals surface area contributed by atoms with E-state index < -0.39 is 24.5 Å². The molecule has 4 atom stereocenters. The minimum atomic E-state index is -1.16. The summed E-state index contributed by atoms with van der Waals surface area (Å²) in [5, 5.41) is 29.8. The Hall–Kier alpha value is -1.25. The summed E-state index contributed by atoms with van der Waals surface area (Å²) < 4.78 is 7.06. The van der Waals surface area contributed by atoms with Crippen molar-refractivity contribution in [2.75, 3.05) is 6.61 Å². The molecule has 0 aliphatic carbocycles. The zero-order chi connectivity index (χ0) is 14.4. The lowest BCUT2D eigenvalue weighted by Gasteiger charge is -2.17. The van der Waals surface area contributed by atoms with Gasteiger partial charge in [0.1, 0.15) is 24.0 Å². The van der Waals surface area contributed by atoms with Crippen LogP contribution in [0, 0.1) is 6.92 Å². The number of aliphatic hydroxyl groups is 3. The fourth-order valence-corrected chi connectivity index (χ4v) is 2.67. The van der Waals surface area contributed by atoms with Crippen LogP contribution in [-0.2, 0) is 4.74 Å². The van der Waals surface area contributed by atoms with E-state index in [4.69, 9.17) is 21.4 Å². The molecule has 0 saturated carbocycles. The third kappa shape index (κ3) is 1.99. The first kappa shape index (κ1) is 13.7. The van der Waals surface area contributed by atoms with Gasteiger partial charge in [-0.05, 0) is 24.6 Å². The van der Waals surface area contributed by atoms with Crippen molar-refractivity contribution >= 4 is 22.6 Å². The van der Waals surface area contributed by atoms with Gasteiger partial charge in [-0.2, -0.15) is 4.98 Å². The van der Waals surface area contributed by atoms with E-state index in [9.17, 15) is 10.2 Å². The number of nitrogens with zero attached hydrogens (tertiary/aromatic N) is 3. The Morgan fingerprint density at radius 3 is 2.75 bits per heavy atom. The molecule has 2 unspecified atom stereocenters. The SMILES string of the molecule is Cc1nc(Cl)nc2c1ccn2[C@@H]1O[C@H](CO)C(O)C1O. The average Bonchev–Trinajstić information content (AvgIpc) is 2.93. The highest BCUT2D eigenvalue weighted by molar-refractivity contribution is 6.28. The second-order valence-corrected chi connectivity index (χ2v) is 5.11. The van der Waals surface area contributed by atoms with Crippen molar-refractivity contribution in [2.24, 2.45) is 0 Å². The maximum atomic E-state index is 10.0. The van der Waals surface area contributed by atoms with Gasteiger partial charge >= 0.3 is 0 Å². The highest BCUT2D eigenvalue weighted by atomic mass is 35.5. The summed E-state index contributed by atoms with van der Waals surface area (Å²) >= 11 is 5.85. The van der Waals surface area contributed by atoms with Crippen LogP contribution in [-0.4, -0.2) is 54.8 Å². The highest BCUT2D eigenvalue weighted by Crippen LogP contribution is 2.32. The molecule has 1 aliphatic rings. The molecular weight excluding hydrogens is 286 g/mol. The Morgan fingerprint density at radius 2 is 2.10 bits per heavy atom. The third-order valence-electron chi connectivity index (χ3n) is 3.53. The number of hydrogen-bond acceptors (Lipinski definition) is 6. The van der Waals surface area contributed by atoms with Crippen LogP contribution in [0.25, 0.3) is 11.0 Å². The predicted octanol–water partition coefficient (Wildman–Crippen LogP) is 0.00462. The molecule has 7 nitrogen and oxygen atoms in total. The van der Waals surface area contributed by atoms with Crippen LogP contribution in [0.3, 0.4) is 0 Å². The molecule has 1 aliphatic heterocycles. The van der Waals surface area contributed by atoms with Crippen LogP contribution >= 0.6 is 11.6 Å². The van der Waals surface area contributed by atoms with E-state index in [2.05, 4.69) is 9.97 Å². The molecular formula is C12H14ClN3O4. The monoisotopic (exact) mass is 299 g/mol. The molecule has 2 aromatic heterocycles. The highest BCUT2D eigenvalue weighted by Gasteiger charge is 2.43. The number of hydrogen-bond donors (Lipinski definition) is 3. The first-order chi connectivity index (χ1) is 9.52. The maximum Gasteiger partial charge on any atom is 0.224 e. The van der Waals surface area contributed by atoms with E-state index in [0.717, 1.165) is 5.39 Å². The summed E-state index contributed by atoms with van der Waals surface area (Å²) in [5.74, 6) is 0. The molecule has 3 heterocycles. The standard InChI is InChI=1S/C12H14ClN3O4/c1-5-6-2-3-16(10(6)15-12(13)14-5)11-9(19)8(18)7(4-17)20-11/h2-3,7-9,11,17-19H,4H2,1H3/t7-,8?,9?,11-/m1/s1. The number of fused-ring (bicyclic) bond motifs is 1. The molecule has 0 bridgehead atoms. The fraction of sp³-hybridized carbons (Fsp3) is 0.500. The van der Waals surface area contributed by atoms with Gasteiger partial charge in [-0.15, -0.1) is 0 Å². The van der Waals surface area contributed by atoms with Crippen molar-refractivity contribution in [2.45, 2.75) is 31.5 Å². The predicted molar refractivity (Wildman–Crippen MR) is 70.3 cm³/mol. The first-order valence-electron chi connectivity index (χ1n) is 6.16. The summed E-state index contributed by atoms with van der Waals surface area (Å²) in [6.45, 7) is 1.43. The first-order valence-corrected chi connectivity index (χ1v) is 6.54. The molecule has 0 aromatic carbocycles. The van der Waals surface area contributed by atoms with Crippen LogP contribution in [0.15, 0.2) is 12.3 Å². The van der Waals surface area contributed by atoms with E-state index >= 15 is 0 Å². The summed E-state index contributed by atoms with van der Waals surface area (Å²) in [6.07, 6.45) is -2.28. The second kappa shape index (κ2) is 4.94. The summed E-state index contributed by atoms with van der Waals surface area (Å²) in [7, 11) is 0. The quantitative estimate of drug-likeness (QED) is 0.675. The van der Waals surface area contributed by atoms with Crippen LogP contribution in [0.2, 0.25) is 5.28 Å². The van der Waals surface area contributed by atoms with E-state index in [1.165, 1.54) is 0 Å². The smallest absolute Gasteiger partial charge is 0.224 e. The van der Waals surface area contributed by atoms with Crippen molar-refractivity contribution in [1.82, 2.24) is 14.5 Å². The number of aromatic nitrogens is 3. The van der Waals surface area contributed by atoms with E-state index in [0.29, 0.717) is 11.3 Å². The van der Waals surface area contributed by atoms with Gasteiger partial charge in [-0.1, -0.05) is 0 Å². The molecule has 0 amide bonds. The summed E-state index contributed by atoms with van der Waals surface area (Å²) in [4.78, 5) is 8.19. The number of rotatable bonds is 2. The zero-order valence-electron chi connectivity index (χ0n) is 10.6. The van der Waals surface area contributed by atoms with E-state index in [1.807, 2.05) is 0 Å². The number of aliphatic hydroxyl groups excluding tert-OH is 3. The normalized spacial score (nSPS) is 30.2. The Balaban J connectivity index is 2.07. The molecule has 0 spiro atoms. The van der Waals surface area contributed by atoms with Crippen molar-refractivity contribution < 1.29 is 20.1 Å². The van der Waals surface area contributed by atoms with Crippen molar-refractivity contribution in [3.05, 3.63) is 23.2 Å². The number of aryl methyl sites for hydroxylation is 1. The van der Waals surface area contributed by atoms with Crippen LogP contribution < -0.4 is 0 Å². The third-order valence-corrected chi connectivity index (χ3v) is 3.70. The molecule has 1 fully saturated rings. The lowest BCUT2D eigenvalue weighted by molar-refractivity contribution is -0.0508. The Kier molecular flexibility index (Phi) is 3.39. The summed E-state index contributed by atoms with van der Waals surface area (Å²) in [5.41, 5.74) is 1.22. The lowest BCUT2D eigenvalue weighted by Crippen LogP contribution is -2.33. The van der Waals surface area contributed by atoms with Crippen LogP contribution in [0.1, 0.15) is 11.9 Å². The minimum absolute atomic E-state index is 0.0988. The van der Waals surface area contributed by atoms with Crippen LogP contribution in [0.5, 0.6) is 0 Å².